The van der Waals surface area contributed by atoms with Crippen LogP contribution in [0.15, 0.2) is 35.5 Å². The van der Waals surface area contributed by atoms with E-state index in [0.29, 0.717) is 0 Å². The monoisotopic (exact) mass is 297 g/mol. The first-order valence-electron chi connectivity index (χ1n) is 5.45. The molecule has 5 nitrogen and oxygen atoms in total. The van der Waals surface area contributed by atoms with Gasteiger partial charge in [0.15, 0.2) is 5.82 Å². The maximum absolute atomic E-state index is 12.2. The molecule has 0 fully saturated rings. The molecule has 2 aromatic rings. The third-order valence-corrected chi connectivity index (χ3v) is 3.87. The first-order valence-corrected chi connectivity index (χ1v) is 7.31. The van der Waals surface area contributed by atoms with Crippen molar-refractivity contribution in [3.05, 3.63) is 46.9 Å². The second kappa shape index (κ2) is 5.14. The first-order chi connectivity index (χ1) is 8.87. The van der Waals surface area contributed by atoms with Crippen molar-refractivity contribution in [2.75, 3.05) is 4.72 Å². The normalized spacial score (nSPS) is 11.3. The molecular formula is C12H12ClN3O2S. The topological polar surface area (TPSA) is 72.0 Å². The van der Waals surface area contributed by atoms with Crippen molar-refractivity contribution in [2.45, 2.75) is 18.7 Å². The van der Waals surface area contributed by atoms with Gasteiger partial charge in [-0.1, -0.05) is 17.7 Å². The van der Waals surface area contributed by atoms with Crippen LogP contribution >= 0.6 is 11.6 Å². The van der Waals surface area contributed by atoms with E-state index in [4.69, 9.17) is 11.6 Å². The zero-order chi connectivity index (χ0) is 14.0. The molecule has 1 aromatic carbocycles. The number of nitrogens with one attached hydrogen (secondary N) is 1. The Morgan fingerprint density at radius 1 is 1.11 bits per heavy atom. The van der Waals surface area contributed by atoms with Crippen molar-refractivity contribution >= 4 is 27.4 Å². The average molecular weight is 298 g/mol. The van der Waals surface area contributed by atoms with Gasteiger partial charge >= 0.3 is 0 Å². The van der Waals surface area contributed by atoms with E-state index >= 15 is 0 Å². The quantitative estimate of drug-likeness (QED) is 0.945. The Morgan fingerprint density at radius 2 is 1.74 bits per heavy atom. The van der Waals surface area contributed by atoms with Crippen molar-refractivity contribution in [3.8, 4) is 0 Å². The minimum atomic E-state index is -3.69. The summed E-state index contributed by atoms with van der Waals surface area (Å²) in [6.45, 7) is 3.68. The molecule has 1 N–H and O–H groups in total. The van der Waals surface area contributed by atoms with Crippen LogP contribution in [0.3, 0.4) is 0 Å². The summed E-state index contributed by atoms with van der Waals surface area (Å²) < 4.78 is 26.7. The van der Waals surface area contributed by atoms with Gasteiger partial charge in [-0.05, 0) is 37.1 Å². The summed E-state index contributed by atoms with van der Waals surface area (Å²) in [4.78, 5) is 7.80. The molecule has 0 aliphatic heterocycles. The van der Waals surface area contributed by atoms with E-state index in [9.17, 15) is 8.42 Å². The molecule has 0 bridgehead atoms. The lowest BCUT2D eigenvalue weighted by atomic mass is 10.2. The fourth-order valence-electron chi connectivity index (χ4n) is 1.68. The Morgan fingerprint density at radius 3 is 2.32 bits per heavy atom. The van der Waals surface area contributed by atoms with E-state index in [1.54, 1.807) is 12.1 Å². The minimum absolute atomic E-state index is 0.0895. The number of aryl methyl sites for hydroxylation is 2. The van der Waals surface area contributed by atoms with Crippen molar-refractivity contribution < 1.29 is 8.42 Å². The molecule has 0 amide bonds. The smallest absolute Gasteiger partial charge is 0.262 e. The van der Waals surface area contributed by atoms with Gasteiger partial charge in [0.05, 0.1) is 17.3 Å². The van der Waals surface area contributed by atoms with Gasteiger partial charge in [-0.15, -0.1) is 0 Å². The second-order valence-corrected chi connectivity index (χ2v) is 6.23. The maximum atomic E-state index is 12.2. The van der Waals surface area contributed by atoms with E-state index < -0.39 is 10.0 Å². The fraction of sp³-hybridized carbons (Fsp3) is 0.167. The lowest BCUT2D eigenvalue weighted by Crippen LogP contribution is -2.14. The summed E-state index contributed by atoms with van der Waals surface area (Å²) in [5.74, 6) is 0.0895. The number of aromatic nitrogens is 2. The van der Waals surface area contributed by atoms with Gasteiger partial charge in [-0.3, -0.25) is 9.71 Å². The zero-order valence-electron chi connectivity index (χ0n) is 10.4. The molecule has 0 saturated heterocycles. The van der Waals surface area contributed by atoms with Gasteiger partial charge < -0.3 is 0 Å². The number of halogens is 1. The Kier molecular flexibility index (Phi) is 3.73. The van der Waals surface area contributed by atoms with Gasteiger partial charge in [0.2, 0.25) is 0 Å². The SMILES string of the molecule is Cc1cc(C)cc(S(=O)(=O)Nc2cncc(Cl)n2)c1. The predicted octanol–water partition coefficient (Wildman–Crippen LogP) is 2.55. The van der Waals surface area contributed by atoms with Crippen LogP contribution < -0.4 is 4.72 Å². The van der Waals surface area contributed by atoms with Gasteiger partial charge in [-0.25, -0.2) is 13.4 Å². The van der Waals surface area contributed by atoms with Crippen LogP contribution in [0, 0.1) is 13.8 Å². The number of benzene rings is 1. The largest absolute Gasteiger partial charge is 0.263 e. The zero-order valence-corrected chi connectivity index (χ0v) is 12.0. The third-order valence-electron chi connectivity index (χ3n) is 2.35. The van der Waals surface area contributed by atoms with Crippen molar-refractivity contribution in [3.63, 3.8) is 0 Å². The van der Waals surface area contributed by atoms with Crippen LogP contribution in [-0.2, 0) is 10.0 Å². The number of nitrogens with zero attached hydrogens (tertiary/aromatic N) is 2. The van der Waals surface area contributed by atoms with Crippen molar-refractivity contribution in [1.82, 2.24) is 9.97 Å². The van der Waals surface area contributed by atoms with Crippen LogP contribution in [-0.4, -0.2) is 18.4 Å². The molecule has 1 aromatic heterocycles. The van der Waals surface area contributed by atoms with Gasteiger partial charge in [0.25, 0.3) is 10.0 Å². The molecule has 0 radical (unpaired) electrons. The molecule has 2 rings (SSSR count). The van der Waals surface area contributed by atoms with E-state index in [1.165, 1.54) is 12.4 Å². The summed E-state index contributed by atoms with van der Waals surface area (Å²) in [6, 6.07) is 5.08. The molecule has 19 heavy (non-hydrogen) atoms. The summed E-state index contributed by atoms with van der Waals surface area (Å²) in [6.07, 6.45) is 2.63. The van der Waals surface area contributed by atoms with Gasteiger partial charge in [0.1, 0.15) is 5.15 Å². The molecule has 0 spiro atoms. The summed E-state index contributed by atoms with van der Waals surface area (Å²) in [5.41, 5.74) is 1.75. The van der Waals surface area contributed by atoms with E-state index in [1.807, 2.05) is 19.9 Å². The van der Waals surface area contributed by atoms with Crippen molar-refractivity contribution in [1.29, 1.82) is 0 Å². The Labute approximate surface area is 116 Å². The summed E-state index contributed by atoms with van der Waals surface area (Å²) in [7, 11) is -3.69. The standard InChI is InChI=1S/C12H12ClN3O2S/c1-8-3-9(2)5-10(4-8)19(17,18)16-12-7-14-6-11(13)15-12/h3-7H,1-2H3,(H,15,16). The molecule has 100 valence electrons. The average Bonchev–Trinajstić information content (AvgIpc) is 2.26. The van der Waals surface area contributed by atoms with Gasteiger partial charge in [-0.2, -0.15) is 0 Å². The molecule has 0 unspecified atom stereocenters. The van der Waals surface area contributed by atoms with E-state index in [-0.39, 0.29) is 15.9 Å². The second-order valence-electron chi connectivity index (χ2n) is 4.16. The molecule has 0 aliphatic carbocycles. The summed E-state index contributed by atoms with van der Waals surface area (Å²) >= 11 is 5.66. The molecular weight excluding hydrogens is 286 g/mol. The predicted molar refractivity (Wildman–Crippen MR) is 73.8 cm³/mol. The number of hydrogen-bond acceptors (Lipinski definition) is 4. The van der Waals surface area contributed by atoms with Crippen LogP contribution in [0.25, 0.3) is 0 Å². The number of hydrogen-bond donors (Lipinski definition) is 1. The van der Waals surface area contributed by atoms with Crippen LogP contribution in [0.5, 0.6) is 0 Å². The molecule has 0 aliphatic rings. The first kappa shape index (κ1) is 13.8. The minimum Gasteiger partial charge on any atom is -0.262 e. The van der Waals surface area contributed by atoms with Crippen molar-refractivity contribution in [2.24, 2.45) is 0 Å². The Balaban J connectivity index is 2.37. The van der Waals surface area contributed by atoms with Gasteiger partial charge in [0, 0.05) is 0 Å². The van der Waals surface area contributed by atoms with Crippen LogP contribution in [0.1, 0.15) is 11.1 Å². The fourth-order valence-corrected chi connectivity index (χ4v) is 3.00. The van der Waals surface area contributed by atoms with E-state index in [2.05, 4.69) is 14.7 Å². The highest BCUT2D eigenvalue weighted by Gasteiger charge is 2.16. The third kappa shape index (κ3) is 3.42. The highest BCUT2D eigenvalue weighted by Crippen LogP contribution is 2.18. The lowest BCUT2D eigenvalue weighted by Gasteiger charge is -2.08. The Bertz CT molecular complexity index is 696. The van der Waals surface area contributed by atoms with Crippen LogP contribution in [0.2, 0.25) is 5.15 Å². The molecule has 0 saturated carbocycles. The number of rotatable bonds is 3. The highest BCUT2D eigenvalue weighted by molar-refractivity contribution is 7.92. The van der Waals surface area contributed by atoms with Crippen LogP contribution in [0.4, 0.5) is 5.82 Å². The number of sulfonamides is 1. The summed E-state index contributed by atoms with van der Waals surface area (Å²) in [5, 5.41) is 0.126. The maximum Gasteiger partial charge on any atom is 0.263 e. The molecule has 7 heteroatoms. The number of anilines is 1. The molecule has 0 atom stereocenters. The Hall–Kier alpha value is -1.66. The lowest BCUT2D eigenvalue weighted by molar-refractivity contribution is 0.601. The van der Waals surface area contributed by atoms with E-state index in [0.717, 1.165) is 11.1 Å². The molecule has 1 heterocycles. The highest BCUT2D eigenvalue weighted by atomic mass is 35.5.